The number of nitrogens with zero attached hydrogens (tertiary/aromatic N) is 4. The van der Waals surface area contributed by atoms with Crippen LogP contribution in [0.25, 0.3) is 11.2 Å². The van der Waals surface area contributed by atoms with Crippen LogP contribution < -0.4 is 15.5 Å². The van der Waals surface area contributed by atoms with Crippen molar-refractivity contribution in [3.63, 3.8) is 0 Å². The third kappa shape index (κ3) is 4.93. The lowest BCUT2D eigenvalue weighted by molar-refractivity contribution is 0.628. The molecule has 7 nitrogen and oxygen atoms in total. The van der Waals surface area contributed by atoms with Gasteiger partial charge in [-0.05, 0) is 49.2 Å². The molecule has 0 saturated carbocycles. The zero-order chi connectivity index (χ0) is 22.5. The van der Waals surface area contributed by atoms with Gasteiger partial charge in [-0.1, -0.05) is 26.0 Å². The molecule has 3 N–H and O–H groups in total. The molecule has 4 aromatic rings. The van der Waals surface area contributed by atoms with Crippen LogP contribution in [-0.2, 0) is 0 Å². The van der Waals surface area contributed by atoms with E-state index >= 15 is 0 Å². The van der Waals surface area contributed by atoms with Crippen LogP contribution in [0.2, 0.25) is 0 Å². The van der Waals surface area contributed by atoms with Gasteiger partial charge in [0.2, 0.25) is 11.9 Å². The van der Waals surface area contributed by atoms with Crippen molar-refractivity contribution in [2.75, 3.05) is 28.6 Å². The maximum Gasteiger partial charge on any atom is 0.231 e. The summed E-state index contributed by atoms with van der Waals surface area (Å²) in [4.78, 5) is 19.2. The van der Waals surface area contributed by atoms with Crippen LogP contribution in [0.3, 0.4) is 0 Å². The molecule has 0 spiro atoms. The molecule has 0 amide bonds. The molecular weight excluding hydrogens is 412 g/mol. The lowest BCUT2D eigenvalue weighted by Crippen LogP contribution is -2.26. The van der Waals surface area contributed by atoms with Crippen LogP contribution in [-0.4, -0.2) is 33.0 Å². The summed E-state index contributed by atoms with van der Waals surface area (Å²) in [6.45, 7) is 5.82. The highest BCUT2D eigenvalue weighted by Gasteiger charge is 2.18. The van der Waals surface area contributed by atoms with Gasteiger partial charge in [-0.15, -0.1) is 0 Å². The van der Waals surface area contributed by atoms with E-state index in [4.69, 9.17) is 4.98 Å². The highest BCUT2D eigenvalue weighted by atomic mass is 19.1. The number of imidazole rings is 1. The number of H-pyrrole nitrogens is 1. The fourth-order valence-electron chi connectivity index (χ4n) is 3.48. The summed E-state index contributed by atoms with van der Waals surface area (Å²) in [5.74, 6) is 0.748. The first kappa shape index (κ1) is 21.5. The molecule has 0 unspecified atom stereocenters. The van der Waals surface area contributed by atoms with Crippen LogP contribution in [0.1, 0.15) is 26.7 Å². The van der Waals surface area contributed by atoms with Crippen molar-refractivity contribution in [1.29, 1.82) is 0 Å². The molecule has 0 aliphatic rings. The molecule has 0 atom stereocenters. The molecule has 0 saturated heterocycles. The second kappa shape index (κ2) is 9.59. The van der Waals surface area contributed by atoms with Crippen molar-refractivity contribution in [1.82, 2.24) is 19.9 Å². The Morgan fingerprint density at radius 2 is 1.47 bits per heavy atom. The first-order chi connectivity index (χ1) is 15.6. The molecule has 2 aromatic heterocycles. The molecule has 32 heavy (non-hydrogen) atoms. The summed E-state index contributed by atoms with van der Waals surface area (Å²) in [5, 5.41) is 6.15. The molecule has 2 aromatic carbocycles. The minimum atomic E-state index is -0.349. The van der Waals surface area contributed by atoms with Gasteiger partial charge in [-0.25, -0.2) is 13.8 Å². The van der Waals surface area contributed by atoms with E-state index in [0.29, 0.717) is 40.3 Å². The monoisotopic (exact) mass is 437 g/mol. The third-order valence-corrected chi connectivity index (χ3v) is 4.78. The van der Waals surface area contributed by atoms with Gasteiger partial charge in [-0.2, -0.15) is 9.97 Å². The van der Waals surface area contributed by atoms with Crippen LogP contribution in [0.15, 0.2) is 48.5 Å². The number of fused-ring (bicyclic) bond motifs is 1. The van der Waals surface area contributed by atoms with Crippen molar-refractivity contribution in [3.8, 4) is 0 Å². The minimum Gasteiger partial charge on any atom is -0.355 e. The first-order valence-corrected chi connectivity index (χ1v) is 10.6. The number of halogens is 2. The first-order valence-electron chi connectivity index (χ1n) is 10.6. The number of hydrogen-bond acceptors (Lipinski definition) is 6. The number of anilines is 5. The SMILES string of the molecule is CCCN(CCC)c1nc(Nc2cccc(F)c2)nc2[nH]c(Nc3cccc(F)c3)nc12. The van der Waals surface area contributed by atoms with Gasteiger partial charge in [0.25, 0.3) is 0 Å². The summed E-state index contributed by atoms with van der Waals surface area (Å²) in [6, 6.07) is 12.3. The Bertz CT molecular complexity index is 1200. The Hall–Kier alpha value is -3.75. The van der Waals surface area contributed by atoms with Gasteiger partial charge in [0, 0.05) is 24.5 Å². The Labute approximate surface area is 184 Å². The van der Waals surface area contributed by atoms with E-state index < -0.39 is 0 Å². The second-order valence-electron chi connectivity index (χ2n) is 7.41. The average molecular weight is 437 g/mol. The molecule has 0 fully saturated rings. The molecule has 0 aliphatic heterocycles. The number of aromatic amines is 1. The normalized spacial score (nSPS) is 11.0. The summed E-state index contributed by atoms with van der Waals surface area (Å²) in [6.07, 6.45) is 1.88. The highest BCUT2D eigenvalue weighted by Crippen LogP contribution is 2.28. The highest BCUT2D eigenvalue weighted by molar-refractivity contribution is 5.87. The van der Waals surface area contributed by atoms with Crippen LogP contribution in [0, 0.1) is 11.6 Å². The zero-order valence-corrected chi connectivity index (χ0v) is 18.0. The smallest absolute Gasteiger partial charge is 0.231 e. The van der Waals surface area contributed by atoms with Crippen LogP contribution >= 0.6 is 0 Å². The summed E-state index contributed by atoms with van der Waals surface area (Å²) < 4.78 is 27.2. The quantitative estimate of drug-likeness (QED) is 0.310. The van der Waals surface area contributed by atoms with Gasteiger partial charge < -0.3 is 20.5 Å². The van der Waals surface area contributed by atoms with Crippen LogP contribution in [0.4, 0.5) is 37.9 Å². The Morgan fingerprint density at radius 1 is 0.844 bits per heavy atom. The summed E-state index contributed by atoms with van der Waals surface area (Å²) in [5.41, 5.74) is 2.24. The van der Waals surface area contributed by atoms with Gasteiger partial charge in [0.05, 0.1) is 0 Å². The molecular formula is C23H25F2N7. The molecule has 4 rings (SSSR count). The lowest BCUT2D eigenvalue weighted by atomic mass is 10.3. The second-order valence-corrected chi connectivity index (χ2v) is 7.41. The Balaban J connectivity index is 1.76. The van der Waals surface area contributed by atoms with E-state index in [1.54, 1.807) is 24.3 Å². The third-order valence-electron chi connectivity index (χ3n) is 4.78. The molecule has 166 valence electrons. The van der Waals surface area contributed by atoms with E-state index in [2.05, 4.69) is 44.3 Å². The van der Waals surface area contributed by atoms with Crippen molar-refractivity contribution >= 4 is 40.3 Å². The fourth-order valence-corrected chi connectivity index (χ4v) is 3.48. The van der Waals surface area contributed by atoms with E-state index in [1.807, 2.05) is 0 Å². The standard InChI is InChI=1S/C23H25F2N7/c1-3-11-32(12-4-2)21-19-20(29-22(28-19)26-17-9-5-7-15(24)13-17)30-23(31-21)27-18-10-6-8-16(25)14-18/h5-10,13-14H,3-4,11-12H2,1-2H3,(H3,26,27,28,29,30,31). The van der Waals surface area contributed by atoms with Gasteiger partial charge >= 0.3 is 0 Å². The number of hydrogen-bond donors (Lipinski definition) is 3. The van der Waals surface area contributed by atoms with Crippen molar-refractivity contribution in [3.05, 3.63) is 60.2 Å². The van der Waals surface area contributed by atoms with Crippen molar-refractivity contribution < 1.29 is 8.78 Å². The predicted molar refractivity (Wildman–Crippen MR) is 124 cm³/mol. The van der Waals surface area contributed by atoms with Gasteiger partial charge in [0.15, 0.2) is 17.0 Å². The zero-order valence-electron chi connectivity index (χ0n) is 18.0. The van der Waals surface area contributed by atoms with E-state index in [9.17, 15) is 8.78 Å². The molecule has 0 aliphatic carbocycles. The maximum atomic E-state index is 13.6. The van der Waals surface area contributed by atoms with Gasteiger partial charge in [0.1, 0.15) is 11.6 Å². The molecule has 0 bridgehead atoms. The van der Waals surface area contributed by atoms with E-state index in [1.165, 1.54) is 24.3 Å². The molecule has 2 heterocycles. The van der Waals surface area contributed by atoms with Crippen molar-refractivity contribution in [2.45, 2.75) is 26.7 Å². The number of nitrogens with one attached hydrogen (secondary N) is 3. The minimum absolute atomic E-state index is 0.330. The van der Waals surface area contributed by atoms with Gasteiger partial charge in [-0.3, -0.25) is 0 Å². The Kier molecular flexibility index (Phi) is 6.44. The van der Waals surface area contributed by atoms with E-state index in [0.717, 1.165) is 25.9 Å². The number of rotatable bonds is 9. The topological polar surface area (TPSA) is 81.8 Å². The summed E-state index contributed by atoms with van der Waals surface area (Å²) >= 11 is 0. The number of aromatic nitrogens is 4. The van der Waals surface area contributed by atoms with Crippen molar-refractivity contribution in [2.24, 2.45) is 0 Å². The maximum absolute atomic E-state index is 13.6. The van der Waals surface area contributed by atoms with E-state index in [-0.39, 0.29) is 11.6 Å². The molecule has 0 radical (unpaired) electrons. The largest absolute Gasteiger partial charge is 0.355 e. The lowest BCUT2D eigenvalue weighted by Gasteiger charge is -2.23. The predicted octanol–water partition coefficient (Wildman–Crippen LogP) is 5.74. The average Bonchev–Trinajstić information content (AvgIpc) is 3.15. The Morgan fingerprint density at radius 3 is 2.06 bits per heavy atom. The number of benzene rings is 2. The van der Waals surface area contributed by atoms with Crippen LogP contribution in [0.5, 0.6) is 0 Å². The molecule has 9 heteroatoms. The summed E-state index contributed by atoms with van der Waals surface area (Å²) in [7, 11) is 0. The fraction of sp³-hybridized carbons (Fsp3) is 0.261.